The van der Waals surface area contributed by atoms with Gasteiger partial charge >= 0.3 is 5.97 Å². The molecule has 2 aromatic heterocycles. The Labute approximate surface area is 373 Å². The van der Waals surface area contributed by atoms with Gasteiger partial charge < -0.3 is 9.47 Å². The summed E-state index contributed by atoms with van der Waals surface area (Å²) in [5.74, 6) is 0.640. The number of esters is 1. The molecule has 2 aliphatic rings. The number of benzene rings is 1. The highest BCUT2D eigenvalue weighted by Gasteiger charge is 2.48. The normalized spacial score (nSPS) is 21.4. The molecule has 1 fully saturated rings. The first kappa shape index (κ1) is 49.1. The number of anilines is 1. The third kappa shape index (κ3) is 12.6. The lowest BCUT2D eigenvalue weighted by Crippen LogP contribution is -2.49. The Morgan fingerprint density at radius 2 is 1.63 bits per heavy atom. The molecule has 0 spiro atoms. The van der Waals surface area contributed by atoms with Crippen LogP contribution >= 0.6 is 0 Å². The predicted octanol–water partition coefficient (Wildman–Crippen LogP) is 13.1. The minimum absolute atomic E-state index is 0.0959. The van der Waals surface area contributed by atoms with Gasteiger partial charge in [-0.3, -0.25) is 9.82 Å². The number of aryl methyl sites for hydroxylation is 1. The molecule has 62 heavy (non-hydrogen) atoms. The van der Waals surface area contributed by atoms with E-state index in [1.165, 1.54) is 19.3 Å². The summed E-state index contributed by atoms with van der Waals surface area (Å²) in [5.41, 5.74) is 3.47. The van der Waals surface area contributed by atoms with Crippen LogP contribution in [0.1, 0.15) is 181 Å². The first-order chi connectivity index (χ1) is 29.0. The topological polar surface area (TPSA) is 139 Å². The molecular weight excluding hydrogens is 795 g/mol. The van der Waals surface area contributed by atoms with Crippen molar-refractivity contribution < 1.29 is 22.7 Å². The van der Waals surface area contributed by atoms with E-state index < -0.39 is 22.1 Å². The summed E-state index contributed by atoms with van der Waals surface area (Å²) in [4.78, 5) is 19.4. The number of nitrogens with zero attached hydrogens (tertiary/aromatic N) is 3. The fraction of sp³-hybridized carbons (Fsp3) is 0.667. The van der Waals surface area contributed by atoms with Crippen molar-refractivity contribution >= 4 is 27.3 Å². The van der Waals surface area contributed by atoms with E-state index >= 15 is 0 Å². The highest BCUT2D eigenvalue weighted by molar-refractivity contribution is 7.96. The zero-order valence-electron chi connectivity index (χ0n) is 40.0. The van der Waals surface area contributed by atoms with Crippen LogP contribution in [0.2, 0.25) is 0 Å². The lowest BCUT2D eigenvalue weighted by atomic mass is 9.59. The van der Waals surface area contributed by atoms with Crippen LogP contribution in [0.5, 0.6) is 0 Å². The molecule has 5 rings (SSSR count). The molecule has 2 N–H and O–H groups in total. The quantitative estimate of drug-likeness (QED) is 0.0958. The average molecular weight is 872 g/mol. The molecule has 0 amide bonds. The second-order valence-electron chi connectivity index (χ2n) is 21.8. The van der Waals surface area contributed by atoms with Crippen LogP contribution in [0.15, 0.2) is 47.0 Å². The van der Waals surface area contributed by atoms with Crippen molar-refractivity contribution in [2.24, 2.45) is 34.0 Å². The molecule has 11 heteroatoms. The van der Waals surface area contributed by atoms with Gasteiger partial charge in [0.25, 0.3) is 10.0 Å². The van der Waals surface area contributed by atoms with Crippen molar-refractivity contribution in [3.05, 3.63) is 63.7 Å². The van der Waals surface area contributed by atoms with Crippen molar-refractivity contribution in [3.8, 4) is 17.5 Å². The van der Waals surface area contributed by atoms with Gasteiger partial charge in [-0.05, 0) is 91.7 Å². The van der Waals surface area contributed by atoms with Gasteiger partial charge in [-0.1, -0.05) is 138 Å². The fourth-order valence-corrected chi connectivity index (χ4v) is 10.8. The Balaban J connectivity index is 1.41. The van der Waals surface area contributed by atoms with Gasteiger partial charge in [0.2, 0.25) is 0 Å². The van der Waals surface area contributed by atoms with Crippen molar-refractivity contribution in [3.63, 3.8) is 0 Å². The minimum atomic E-state index is -4.03. The Hall–Kier alpha value is -3.88. The highest BCUT2D eigenvalue weighted by atomic mass is 32.2. The molecule has 2 aliphatic carbocycles. The van der Waals surface area contributed by atoms with Crippen LogP contribution in [0.4, 0.5) is 5.69 Å². The number of carbonyl (C=O) groups is 1. The number of aromatic nitrogens is 3. The van der Waals surface area contributed by atoms with E-state index in [0.717, 1.165) is 68.9 Å². The van der Waals surface area contributed by atoms with Gasteiger partial charge in [0.1, 0.15) is 17.7 Å². The maximum atomic E-state index is 14.4. The summed E-state index contributed by atoms with van der Waals surface area (Å²) in [6.45, 7) is 26.9. The monoisotopic (exact) mass is 872 g/mol. The Morgan fingerprint density at radius 1 is 0.968 bits per heavy atom. The smallest absolute Gasteiger partial charge is 0.343 e. The number of nitriles is 1. The number of carbonyl (C=O) groups excluding carboxylic acids is 1. The molecule has 2 heterocycles. The first-order valence-corrected chi connectivity index (χ1v) is 24.9. The van der Waals surface area contributed by atoms with Crippen LogP contribution in [0.3, 0.4) is 0 Å². The number of allylic oxidation sites excluding steroid dienone is 2. The van der Waals surface area contributed by atoms with Gasteiger partial charge in [-0.25, -0.2) is 22.7 Å². The van der Waals surface area contributed by atoms with Gasteiger partial charge in [-0.15, -0.1) is 0 Å². The molecule has 10 nitrogen and oxygen atoms in total. The summed E-state index contributed by atoms with van der Waals surface area (Å²) in [6.07, 6.45) is 17.8. The molecule has 3 unspecified atom stereocenters. The van der Waals surface area contributed by atoms with Gasteiger partial charge in [-0.2, -0.15) is 5.26 Å². The zero-order chi connectivity index (χ0) is 45.6. The lowest BCUT2D eigenvalue weighted by molar-refractivity contribution is -0.0922. The Bertz CT molecular complexity index is 2200. The third-order valence-electron chi connectivity index (χ3n) is 13.1. The maximum absolute atomic E-state index is 14.4. The van der Waals surface area contributed by atoms with E-state index in [9.17, 15) is 18.5 Å². The molecule has 342 valence electrons. The third-order valence-corrected chi connectivity index (χ3v) is 14.6. The predicted molar refractivity (Wildman–Crippen MR) is 252 cm³/mol. The standard InChI is InChI=1S/C51H77N5O5S/c1-13-14-15-16-17-20-27-60-42-25-23-36(21-18-19-26-49(4,5)6)30-43(42)62(58,59)55-41-31-37(24-22-35(41)3)46-53-47-44(38(32-52)33-56(47)54-46)48(57)61-45-39(50(7,8)9)28-34(2)29-40(45)51(10,11)12/h22-24,30-31,33-34,39-40,42,45,55H,13-21,25-29H2,1-12H3,(H,53,54). The first-order valence-electron chi connectivity index (χ1n) is 23.4. The Kier molecular flexibility index (Phi) is 16.1. The number of rotatable bonds is 18. The largest absolute Gasteiger partial charge is 0.458 e. The van der Waals surface area contributed by atoms with E-state index in [-0.39, 0.29) is 55.9 Å². The van der Waals surface area contributed by atoms with Gasteiger partial charge in [0.05, 0.1) is 22.3 Å². The second-order valence-corrected chi connectivity index (χ2v) is 23.5. The van der Waals surface area contributed by atoms with Crippen molar-refractivity contribution in [2.45, 2.75) is 179 Å². The van der Waals surface area contributed by atoms with Gasteiger partial charge in [0.15, 0.2) is 11.5 Å². The number of unbranched alkanes of at least 4 members (excludes halogenated alkanes) is 6. The fourth-order valence-electron chi connectivity index (χ4n) is 9.36. The van der Waals surface area contributed by atoms with Crippen molar-refractivity contribution in [1.29, 1.82) is 5.26 Å². The van der Waals surface area contributed by atoms with E-state index in [0.29, 0.717) is 36.0 Å². The summed E-state index contributed by atoms with van der Waals surface area (Å²) in [6, 6.07) is 7.67. The number of aromatic amines is 1. The molecule has 3 atom stereocenters. The van der Waals surface area contributed by atoms with E-state index in [2.05, 4.69) is 98.1 Å². The lowest BCUT2D eigenvalue weighted by Gasteiger charge is -2.50. The summed E-state index contributed by atoms with van der Waals surface area (Å²) in [5, 5.41) is 13.4. The average Bonchev–Trinajstić information content (AvgIpc) is 3.75. The van der Waals surface area contributed by atoms with Crippen LogP contribution in [0.25, 0.3) is 17.0 Å². The molecule has 1 aromatic carbocycles. The van der Waals surface area contributed by atoms with Gasteiger partial charge in [0, 0.05) is 30.2 Å². The number of fused-ring (bicyclic) bond motifs is 1. The minimum Gasteiger partial charge on any atom is -0.458 e. The zero-order valence-corrected chi connectivity index (χ0v) is 40.9. The van der Waals surface area contributed by atoms with E-state index in [4.69, 9.17) is 14.5 Å². The summed E-state index contributed by atoms with van der Waals surface area (Å²) >= 11 is 0. The summed E-state index contributed by atoms with van der Waals surface area (Å²) in [7, 11) is -4.03. The maximum Gasteiger partial charge on any atom is 0.343 e. The van der Waals surface area contributed by atoms with Crippen LogP contribution in [0, 0.1) is 52.3 Å². The second kappa shape index (κ2) is 20.3. The van der Waals surface area contributed by atoms with Crippen molar-refractivity contribution in [2.75, 3.05) is 11.3 Å². The molecular formula is C51H77N5O5S. The number of H-pyrrole nitrogens is 1. The Morgan fingerprint density at radius 3 is 2.26 bits per heavy atom. The molecule has 3 aromatic rings. The van der Waals surface area contributed by atoms with E-state index in [1.54, 1.807) is 16.8 Å². The van der Waals surface area contributed by atoms with E-state index in [1.807, 2.05) is 25.1 Å². The molecule has 0 saturated heterocycles. The highest BCUT2D eigenvalue weighted by Crippen LogP contribution is 2.50. The SMILES string of the molecule is CCCCCCCCOC1CC=C(CCCCC(C)(C)C)C=C1S(=O)(=O)Nc1cc(-c2nc3c(C(=O)OC4C(C(C)(C)C)CC(C)CC4C(C)(C)C)c(C#N)cn3[nH]2)ccc1C. The number of sulfonamides is 1. The van der Waals surface area contributed by atoms with Crippen LogP contribution in [-0.2, 0) is 19.5 Å². The molecule has 0 bridgehead atoms. The van der Waals surface area contributed by atoms with Crippen LogP contribution in [-0.4, -0.2) is 47.8 Å². The van der Waals surface area contributed by atoms with Crippen molar-refractivity contribution in [1.82, 2.24) is 14.6 Å². The molecule has 0 radical (unpaired) electrons. The summed E-state index contributed by atoms with van der Waals surface area (Å²) < 4.78 is 46.2. The number of hydrogen-bond acceptors (Lipinski definition) is 7. The number of ether oxygens (including phenoxy) is 2. The number of hydrogen-bond donors (Lipinski definition) is 2. The number of nitrogens with one attached hydrogen (secondary N) is 2. The van der Waals surface area contributed by atoms with Crippen LogP contribution < -0.4 is 4.72 Å². The molecule has 0 aliphatic heterocycles. The molecule has 1 saturated carbocycles.